The van der Waals surface area contributed by atoms with Crippen molar-refractivity contribution in [3.8, 4) is 0 Å². The third kappa shape index (κ3) is 3.17. The Morgan fingerprint density at radius 2 is 1.68 bits per heavy atom. The maximum Gasteiger partial charge on any atom is 0.223 e. The van der Waals surface area contributed by atoms with Gasteiger partial charge in [0.15, 0.2) is 0 Å². The molecule has 0 radical (unpaired) electrons. The highest BCUT2D eigenvalue weighted by Crippen LogP contribution is 2.41. The first-order valence-electron chi connectivity index (χ1n) is 7.70. The molecule has 0 aromatic heterocycles. The zero-order chi connectivity index (χ0) is 13.1. The molecule has 2 aliphatic carbocycles. The van der Waals surface area contributed by atoms with Crippen LogP contribution in [-0.4, -0.2) is 5.91 Å². The van der Waals surface area contributed by atoms with Gasteiger partial charge in [0.05, 0.1) is 6.04 Å². The number of nitrogens with one attached hydrogen (secondary N) is 1. The molecule has 2 nitrogen and oxygen atoms in total. The summed E-state index contributed by atoms with van der Waals surface area (Å²) in [6.07, 6.45) is 8.41. The molecule has 0 saturated heterocycles. The minimum absolute atomic E-state index is 0.246. The standard InChI is InChI=1S/C17H23NO/c19-17(15-9-5-2-6-10-15)18-16(14-11-12-14)13-7-3-1-4-8-13/h1,3-4,7-8,14-16H,2,5-6,9-12H2,(H,18,19)/t16-/m1/s1. The van der Waals surface area contributed by atoms with Gasteiger partial charge in [0.2, 0.25) is 5.91 Å². The van der Waals surface area contributed by atoms with Gasteiger partial charge in [0.25, 0.3) is 0 Å². The summed E-state index contributed by atoms with van der Waals surface area (Å²) < 4.78 is 0. The molecule has 0 bridgehead atoms. The van der Waals surface area contributed by atoms with Gasteiger partial charge >= 0.3 is 0 Å². The second-order valence-electron chi connectivity index (χ2n) is 6.07. The predicted molar refractivity (Wildman–Crippen MR) is 76.6 cm³/mol. The van der Waals surface area contributed by atoms with E-state index in [9.17, 15) is 4.79 Å². The third-order valence-corrected chi connectivity index (χ3v) is 4.53. The number of carbonyl (C=O) groups is 1. The highest BCUT2D eigenvalue weighted by Gasteiger charge is 2.34. The van der Waals surface area contributed by atoms with Gasteiger partial charge in [0.1, 0.15) is 0 Å². The van der Waals surface area contributed by atoms with Crippen molar-refractivity contribution in [3.63, 3.8) is 0 Å². The van der Waals surface area contributed by atoms with Gasteiger partial charge < -0.3 is 5.32 Å². The van der Waals surface area contributed by atoms with Gasteiger partial charge in [-0.3, -0.25) is 4.79 Å². The van der Waals surface area contributed by atoms with Gasteiger partial charge in [-0.05, 0) is 37.2 Å². The summed E-state index contributed by atoms with van der Waals surface area (Å²) in [6.45, 7) is 0. The molecule has 1 aromatic carbocycles. The van der Waals surface area contributed by atoms with Gasteiger partial charge in [-0.15, -0.1) is 0 Å². The summed E-state index contributed by atoms with van der Waals surface area (Å²) in [5.74, 6) is 1.22. The fourth-order valence-electron chi connectivity index (χ4n) is 3.20. The molecule has 2 saturated carbocycles. The monoisotopic (exact) mass is 257 g/mol. The Morgan fingerprint density at radius 1 is 1.00 bits per heavy atom. The molecule has 1 amide bonds. The second-order valence-corrected chi connectivity index (χ2v) is 6.07. The largest absolute Gasteiger partial charge is 0.349 e. The topological polar surface area (TPSA) is 29.1 Å². The minimum atomic E-state index is 0.246. The number of hydrogen-bond acceptors (Lipinski definition) is 1. The van der Waals surface area contributed by atoms with Crippen LogP contribution in [0.2, 0.25) is 0 Å². The Hall–Kier alpha value is -1.31. The molecule has 0 unspecified atom stereocenters. The third-order valence-electron chi connectivity index (χ3n) is 4.53. The van der Waals surface area contributed by atoms with E-state index < -0.39 is 0 Å². The number of amides is 1. The molecule has 0 heterocycles. The zero-order valence-electron chi connectivity index (χ0n) is 11.5. The summed E-state index contributed by atoms with van der Waals surface area (Å²) in [5.41, 5.74) is 1.27. The molecule has 1 N–H and O–H groups in total. The van der Waals surface area contributed by atoms with E-state index in [-0.39, 0.29) is 12.0 Å². The molecular formula is C17H23NO. The Kier molecular flexibility index (Phi) is 3.86. The number of rotatable bonds is 4. The van der Waals surface area contributed by atoms with E-state index in [2.05, 4.69) is 29.6 Å². The summed E-state index contributed by atoms with van der Waals surface area (Å²) in [7, 11) is 0. The first kappa shape index (κ1) is 12.7. The molecule has 1 aromatic rings. The Labute approximate surface area is 115 Å². The van der Waals surface area contributed by atoms with Crippen molar-refractivity contribution in [2.45, 2.75) is 51.0 Å². The fourth-order valence-corrected chi connectivity index (χ4v) is 3.20. The van der Waals surface area contributed by atoms with Gasteiger partial charge in [-0.25, -0.2) is 0 Å². The molecule has 0 aliphatic heterocycles. The molecule has 2 fully saturated rings. The Balaban J connectivity index is 1.66. The molecule has 2 aliphatic rings. The van der Waals surface area contributed by atoms with Crippen LogP contribution in [0.5, 0.6) is 0 Å². The van der Waals surface area contributed by atoms with Crippen LogP contribution in [0.3, 0.4) is 0 Å². The van der Waals surface area contributed by atoms with Crippen molar-refractivity contribution < 1.29 is 4.79 Å². The second kappa shape index (κ2) is 5.77. The van der Waals surface area contributed by atoms with Crippen LogP contribution in [0.4, 0.5) is 0 Å². The van der Waals surface area contributed by atoms with Crippen LogP contribution >= 0.6 is 0 Å². The van der Waals surface area contributed by atoms with Crippen LogP contribution in [0.25, 0.3) is 0 Å². The van der Waals surface area contributed by atoms with Crippen LogP contribution in [0.15, 0.2) is 30.3 Å². The summed E-state index contributed by atoms with van der Waals surface area (Å²) in [5, 5.41) is 3.33. The van der Waals surface area contributed by atoms with Crippen molar-refractivity contribution in [2.75, 3.05) is 0 Å². The average molecular weight is 257 g/mol. The number of hydrogen-bond donors (Lipinski definition) is 1. The van der Waals surface area contributed by atoms with E-state index in [1.54, 1.807) is 0 Å². The van der Waals surface area contributed by atoms with E-state index in [1.807, 2.05) is 6.07 Å². The molecule has 3 rings (SSSR count). The number of carbonyl (C=O) groups excluding carboxylic acids is 1. The molecule has 2 heteroatoms. The zero-order valence-corrected chi connectivity index (χ0v) is 11.5. The quantitative estimate of drug-likeness (QED) is 0.872. The number of benzene rings is 1. The van der Waals surface area contributed by atoms with E-state index in [4.69, 9.17) is 0 Å². The SMILES string of the molecule is O=C(N[C@H](c1ccccc1)C1CC1)C1CCCCC1. The lowest BCUT2D eigenvalue weighted by molar-refractivity contribution is -0.126. The lowest BCUT2D eigenvalue weighted by Crippen LogP contribution is -2.35. The van der Waals surface area contributed by atoms with Crippen molar-refractivity contribution in [1.82, 2.24) is 5.32 Å². The van der Waals surface area contributed by atoms with Gasteiger partial charge in [0, 0.05) is 5.92 Å². The Bertz CT molecular complexity index is 418. The molecule has 1 atom stereocenters. The van der Waals surface area contributed by atoms with Crippen LogP contribution < -0.4 is 5.32 Å². The molecular weight excluding hydrogens is 234 g/mol. The highest BCUT2D eigenvalue weighted by molar-refractivity contribution is 5.79. The van der Waals surface area contributed by atoms with Crippen molar-refractivity contribution in [3.05, 3.63) is 35.9 Å². The van der Waals surface area contributed by atoms with Crippen LogP contribution in [0.1, 0.15) is 56.6 Å². The smallest absolute Gasteiger partial charge is 0.223 e. The average Bonchev–Trinajstić information content (AvgIpc) is 3.31. The summed E-state index contributed by atoms with van der Waals surface area (Å²) in [6, 6.07) is 10.7. The van der Waals surface area contributed by atoms with E-state index >= 15 is 0 Å². The van der Waals surface area contributed by atoms with Crippen molar-refractivity contribution in [1.29, 1.82) is 0 Å². The molecule has 19 heavy (non-hydrogen) atoms. The van der Waals surface area contributed by atoms with Gasteiger partial charge in [-0.1, -0.05) is 49.6 Å². The van der Waals surface area contributed by atoms with Gasteiger partial charge in [-0.2, -0.15) is 0 Å². The first-order chi connectivity index (χ1) is 9.34. The lowest BCUT2D eigenvalue weighted by Gasteiger charge is -2.25. The highest BCUT2D eigenvalue weighted by atomic mass is 16.1. The lowest BCUT2D eigenvalue weighted by atomic mass is 9.88. The normalized spacial score (nSPS) is 21.9. The van der Waals surface area contributed by atoms with E-state index in [1.165, 1.54) is 37.7 Å². The maximum absolute atomic E-state index is 12.4. The predicted octanol–water partition coefficient (Wildman–Crippen LogP) is 3.83. The van der Waals surface area contributed by atoms with Crippen LogP contribution in [0, 0.1) is 11.8 Å². The van der Waals surface area contributed by atoms with E-state index in [0.29, 0.717) is 11.8 Å². The summed E-state index contributed by atoms with van der Waals surface area (Å²) in [4.78, 5) is 12.4. The van der Waals surface area contributed by atoms with Crippen LogP contribution in [-0.2, 0) is 4.79 Å². The fraction of sp³-hybridized carbons (Fsp3) is 0.588. The maximum atomic E-state index is 12.4. The molecule has 0 spiro atoms. The Morgan fingerprint density at radius 3 is 2.32 bits per heavy atom. The molecule has 102 valence electrons. The van der Waals surface area contributed by atoms with Crippen molar-refractivity contribution >= 4 is 5.91 Å². The minimum Gasteiger partial charge on any atom is -0.349 e. The first-order valence-corrected chi connectivity index (χ1v) is 7.70. The van der Waals surface area contributed by atoms with Crippen molar-refractivity contribution in [2.24, 2.45) is 11.8 Å². The summed E-state index contributed by atoms with van der Waals surface area (Å²) >= 11 is 0. The van der Waals surface area contributed by atoms with E-state index in [0.717, 1.165) is 12.8 Å².